The minimum atomic E-state index is -4.74. The summed E-state index contributed by atoms with van der Waals surface area (Å²) in [6.07, 6.45) is -5.84. The second kappa shape index (κ2) is 3.63. The Hall–Kier alpha value is -0.290. The first-order valence-corrected chi connectivity index (χ1v) is 5.54. The summed E-state index contributed by atoms with van der Waals surface area (Å²) in [4.78, 5) is 0. The normalized spacial score (nSPS) is 45.7. The first-order valence-electron chi connectivity index (χ1n) is 4.17. The molecule has 0 aromatic carbocycles. The van der Waals surface area contributed by atoms with Gasteiger partial charge in [0.1, 0.15) is 18.3 Å². The van der Waals surface area contributed by atoms with Crippen LogP contribution in [0.4, 0.5) is 0 Å². The maximum atomic E-state index is 10.5. The Morgan fingerprint density at radius 1 is 1.33 bits per heavy atom. The van der Waals surface area contributed by atoms with Crippen molar-refractivity contribution in [3.8, 4) is 0 Å². The highest BCUT2D eigenvalue weighted by molar-refractivity contribution is 7.80. The Bertz CT molecular complexity index is 339. The lowest BCUT2D eigenvalue weighted by Gasteiger charge is -2.33. The van der Waals surface area contributed by atoms with Gasteiger partial charge >= 0.3 is 10.4 Å². The molecule has 88 valence electrons. The fraction of sp³-hybridized carbons (Fsp3) is 1.00. The van der Waals surface area contributed by atoms with E-state index in [0.29, 0.717) is 0 Å². The second-order valence-corrected chi connectivity index (χ2v) is 4.39. The molecule has 8 nitrogen and oxygen atoms in total. The molecular weight excluding hydrogens is 232 g/mol. The first-order chi connectivity index (χ1) is 6.88. The Balaban J connectivity index is 2.16. The van der Waals surface area contributed by atoms with Crippen LogP contribution in [0.5, 0.6) is 0 Å². The van der Waals surface area contributed by atoms with Crippen molar-refractivity contribution in [3.05, 3.63) is 0 Å². The van der Waals surface area contributed by atoms with Gasteiger partial charge in [0.25, 0.3) is 0 Å². The molecule has 5 atom stereocenters. The van der Waals surface area contributed by atoms with E-state index in [1.807, 2.05) is 0 Å². The predicted molar refractivity (Wildman–Crippen MR) is 43.0 cm³/mol. The summed E-state index contributed by atoms with van der Waals surface area (Å²) >= 11 is 0. The molecule has 0 spiro atoms. The third-order valence-electron chi connectivity index (χ3n) is 2.32. The van der Waals surface area contributed by atoms with E-state index in [4.69, 9.17) is 14.0 Å². The molecule has 0 aliphatic carbocycles. The van der Waals surface area contributed by atoms with Crippen LogP contribution in [-0.2, 0) is 24.1 Å². The average Bonchev–Trinajstić information content (AvgIpc) is 2.33. The number of hydrogen-bond acceptors (Lipinski definition) is 7. The van der Waals surface area contributed by atoms with Gasteiger partial charge in [0, 0.05) is 0 Å². The molecule has 2 rings (SSSR count). The van der Waals surface area contributed by atoms with Crippen LogP contribution < -0.4 is 0 Å². The molecule has 15 heavy (non-hydrogen) atoms. The van der Waals surface area contributed by atoms with Crippen molar-refractivity contribution in [3.63, 3.8) is 0 Å². The van der Waals surface area contributed by atoms with Gasteiger partial charge in [-0.25, -0.2) is 4.18 Å². The van der Waals surface area contributed by atoms with E-state index >= 15 is 0 Å². The highest BCUT2D eigenvalue weighted by Crippen LogP contribution is 2.31. The monoisotopic (exact) mass is 242 g/mol. The number of fused-ring (bicyclic) bond motifs is 2. The summed E-state index contributed by atoms with van der Waals surface area (Å²) in [7, 11) is -4.74. The first kappa shape index (κ1) is 11.2. The third kappa shape index (κ3) is 2.13. The van der Waals surface area contributed by atoms with Gasteiger partial charge in [-0.3, -0.25) is 4.55 Å². The smallest absolute Gasteiger partial charge is 0.387 e. The number of rotatable bonds is 2. The van der Waals surface area contributed by atoms with Gasteiger partial charge in [-0.15, -0.1) is 0 Å². The molecule has 2 aliphatic rings. The molecule has 2 heterocycles. The van der Waals surface area contributed by atoms with E-state index < -0.39 is 41.1 Å². The number of aliphatic hydroxyl groups excluding tert-OH is 2. The molecule has 2 aliphatic heterocycles. The lowest BCUT2D eigenvalue weighted by atomic mass is 10.0. The van der Waals surface area contributed by atoms with Crippen LogP contribution in [0.1, 0.15) is 0 Å². The lowest BCUT2D eigenvalue weighted by molar-refractivity contribution is -0.235. The fourth-order valence-corrected chi connectivity index (χ4v) is 2.17. The van der Waals surface area contributed by atoms with E-state index in [1.165, 1.54) is 0 Å². The zero-order chi connectivity index (χ0) is 11.2. The summed E-state index contributed by atoms with van der Waals surface area (Å²) in [5, 5.41) is 18.8. The highest BCUT2D eigenvalue weighted by atomic mass is 32.3. The van der Waals surface area contributed by atoms with Crippen molar-refractivity contribution in [1.29, 1.82) is 0 Å². The van der Waals surface area contributed by atoms with E-state index in [9.17, 15) is 18.6 Å². The van der Waals surface area contributed by atoms with Crippen LogP contribution in [0.3, 0.4) is 0 Å². The van der Waals surface area contributed by atoms with Crippen LogP contribution in [0.15, 0.2) is 0 Å². The molecule has 0 aromatic heterocycles. The van der Waals surface area contributed by atoms with Crippen LogP contribution in [-0.4, -0.2) is 60.5 Å². The summed E-state index contributed by atoms with van der Waals surface area (Å²) in [6, 6.07) is 0. The number of aliphatic hydroxyl groups is 2. The van der Waals surface area contributed by atoms with Gasteiger partial charge < -0.3 is 19.7 Å². The van der Waals surface area contributed by atoms with Crippen LogP contribution in [0, 0.1) is 0 Å². The second-order valence-electron chi connectivity index (χ2n) is 3.34. The minimum absolute atomic E-state index is 0.0359. The summed E-state index contributed by atoms with van der Waals surface area (Å²) in [5.41, 5.74) is 0. The van der Waals surface area contributed by atoms with Crippen molar-refractivity contribution in [2.24, 2.45) is 0 Å². The summed E-state index contributed by atoms with van der Waals surface area (Å²) in [5.74, 6) is 0. The molecule has 0 unspecified atom stereocenters. The molecule has 0 aromatic rings. The molecule has 0 radical (unpaired) electrons. The van der Waals surface area contributed by atoms with Crippen molar-refractivity contribution in [2.75, 3.05) is 6.61 Å². The van der Waals surface area contributed by atoms with Gasteiger partial charge in [-0.1, -0.05) is 0 Å². The molecule has 2 bridgehead atoms. The minimum Gasteiger partial charge on any atom is -0.387 e. The van der Waals surface area contributed by atoms with Crippen molar-refractivity contribution in [2.45, 2.75) is 30.7 Å². The molecule has 2 fully saturated rings. The van der Waals surface area contributed by atoms with E-state index in [-0.39, 0.29) is 6.61 Å². The number of ether oxygens (including phenoxy) is 2. The van der Waals surface area contributed by atoms with Crippen molar-refractivity contribution >= 4 is 10.4 Å². The van der Waals surface area contributed by atoms with Gasteiger partial charge in [0.2, 0.25) is 0 Å². The van der Waals surface area contributed by atoms with Gasteiger partial charge in [-0.05, 0) is 0 Å². The van der Waals surface area contributed by atoms with Gasteiger partial charge in [-0.2, -0.15) is 8.42 Å². The average molecular weight is 242 g/mol. The quantitative estimate of drug-likeness (QED) is 0.460. The molecule has 0 amide bonds. The standard InChI is InChI=1S/C6H10O8S/c7-3-2-1-12-4(3)5(6(8)13-2)14-15(9,10)11/h2-8H,1H2,(H,9,10,11)/t2-,3+,4+,5-,6+/m0/s1. The maximum Gasteiger partial charge on any atom is 0.397 e. The Morgan fingerprint density at radius 3 is 2.60 bits per heavy atom. The van der Waals surface area contributed by atoms with E-state index in [2.05, 4.69) is 4.18 Å². The SMILES string of the molecule is O=S(=O)(O)O[C@H]1[C@@H]2OC[C@H](O[C@H]1O)[C@H]2O. The topological polar surface area (TPSA) is 123 Å². The van der Waals surface area contributed by atoms with Crippen LogP contribution >= 0.6 is 0 Å². The Kier molecular flexibility index (Phi) is 2.71. The Morgan fingerprint density at radius 2 is 2.00 bits per heavy atom. The van der Waals surface area contributed by atoms with Crippen molar-refractivity contribution in [1.82, 2.24) is 0 Å². The summed E-state index contributed by atoms with van der Waals surface area (Å²) < 4.78 is 43.3. The third-order valence-corrected chi connectivity index (χ3v) is 2.79. The zero-order valence-corrected chi connectivity index (χ0v) is 8.20. The largest absolute Gasteiger partial charge is 0.397 e. The Labute approximate surface area is 85.3 Å². The van der Waals surface area contributed by atoms with Crippen LogP contribution in [0.25, 0.3) is 0 Å². The molecule has 0 saturated carbocycles. The summed E-state index contributed by atoms with van der Waals surface area (Å²) in [6.45, 7) is 0.0359. The molecule has 3 N–H and O–H groups in total. The zero-order valence-electron chi connectivity index (χ0n) is 7.38. The molecule has 9 heteroatoms. The van der Waals surface area contributed by atoms with Crippen LogP contribution in [0.2, 0.25) is 0 Å². The molecular formula is C6H10O8S. The number of hydrogen-bond donors (Lipinski definition) is 3. The molecule has 2 saturated heterocycles. The maximum absolute atomic E-state index is 10.5. The van der Waals surface area contributed by atoms with E-state index in [1.54, 1.807) is 0 Å². The van der Waals surface area contributed by atoms with Gasteiger partial charge in [0.05, 0.1) is 6.61 Å². The van der Waals surface area contributed by atoms with Gasteiger partial charge in [0.15, 0.2) is 12.4 Å². The highest BCUT2D eigenvalue weighted by Gasteiger charge is 2.52. The van der Waals surface area contributed by atoms with E-state index in [0.717, 1.165) is 0 Å². The van der Waals surface area contributed by atoms with Crippen molar-refractivity contribution < 1.29 is 36.8 Å². The predicted octanol–water partition coefficient (Wildman–Crippen LogP) is -2.35. The fourth-order valence-electron chi connectivity index (χ4n) is 1.69. The lowest BCUT2D eigenvalue weighted by Crippen LogP contribution is -2.54.